The summed E-state index contributed by atoms with van der Waals surface area (Å²) >= 11 is 0.810. The summed E-state index contributed by atoms with van der Waals surface area (Å²) in [5.41, 5.74) is 0. The summed E-state index contributed by atoms with van der Waals surface area (Å²) in [6, 6.07) is 10.6. The molecule has 1 radical (unpaired) electrons. The number of carbonyl (C=O) groups excluding carboxylic acids is 2. The van der Waals surface area contributed by atoms with Crippen molar-refractivity contribution in [1.29, 1.82) is 0 Å². The third-order valence-electron chi connectivity index (χ3n) is 1.42. The van der Waals surface area contributed by atoms with E-state index < -0.39 is 11.9 Å². The van der Waals surface area contributed by atoms with Crippen LogP contribution in [0.3, 0.4) is 0 Å². The van der Waals surface area contributed by atoms with Crippen LogP contribution in [-0.4, -0.2) is 11.9 Å². The SMILES string of the molecule is CCC(=O)[O-].CCC(=O)[O-].[Co+2].[Hg][c]1ccccc1. The van der Waals surface area contributed by atoms with Gasteiger partial charge in [-0.3, -0.25) is 0 Å². The van der Waals surface area contributed by atoms with Crippen LogP contribution in [0.1, 0.15) is 26.7 Å². The van der Waals surface area contributed by atoms with E-state index in [1.165, 1.54) is 16.9 Å². The van der Waals surface area contributed by atoms with Gasteiger partial charge in [0.15, 0.2) is 0 Å². The van der Waals surface area contributed by atoms with Gasteiger partial charge in [0.25, 0.3) is 0 Å². The molecule has 4 nitrogen and oxygen atoms in total. The summed E-state index contributed by atoms with van der Waals surface area (Å²) in [6.45, 7) is 3.07. The van der Waals surface area contributed by atoms with E-state index in [1.54, 1.807) is 0 Å². The number of aliphatic carboxylic acids is 2. The molecule has 0 heterocycles. The van der Waals surface area contributed by atoms with E-state index in [2.05, 4.69) is 30.3 Å². The molecule has 0 spiro atoms. The second kappa shape index (κ2) is 16.6. The molecule has 0 aromatic heterocycles. The zero-order valence-electron chi connectivity index (χ0n) is 10.5. The van der Waals surface area contributed by atoms with Gasteiger partial charge < -0.3 is 19.8 Å². The second-order valence-corrected chi connectivity index (χ2v) is 6.11. The van der Waals surface area contributed by atoms with Gasteiger partial charge in [-0.2, -0.15) is 0 Å². The van der Waals surface area contributed by atoms with Crippen molar-refractivity contribution >= 4 is 15.0 Å². The van der Waals surface area contributed by atoms with Crippen LogP contribution in [-0.2, 0) is 52.5 Å². The van der Waals surface area contributed by atoms with Gasteiger partial charge in [0.2, 0.25) is 0 Å². The molecule has 6 heteroatoms. The standard InChI is InChI=1S/C6H5.2C3H6O2.Co.Hg/c1-2-4-6-5-3-1;2*1-2-3(4)5;;/h1-5H;2*2H2,1H3,(H,4,5);;/q;;;+2;/p-2. The topological polar surface area (TPSA) is 80.3 Å². The monoisotopic (exact) mass is 484 g/mol. The first kappa shape index (κ1) is 22.8. The van der Waals surface area contributed by atoms with Gasteiger partial charge in [-0.05, 0) is 12.8 Å². The summed E-state index contributed by atoms with van der Waals surface area (Å²) in [5, 5.41) is 18.5. The maximum absolute atomic E-state index is 9.26. The van der Waals surface area contributed by atoms with E-state index in [1.807, 2.05) is 0 Å². The van der Waals surface area contributed by atoms with Crippen LogP contribution in [0.15, 0.2) is 30.3 Å². The molecule has 1 rings (SSSR count). The second-order valence-electron chi connectivity index (χ2n) is 2.94. The van der Waals surface area contributed by atoms with Crippen LogP contribution in [0.4, 0.5) is 0 Å². The fraction of sp³-hybridized carbons (Fsp3) is 0.333. The van der Waals surface area contributed by atoms with E-state index in [9.17, 15) is 19.8 Å². The maximum atomic E-state index is 9.26. The fourth-order valence-electron chi connectivity index (χ4n) is 0.478. The number of hydrogen-bond donors (Lipinski definition) is 0. The van der Waals surface area contributed by atoms with Crippen LogP contribution >= 0.6 is 0 Å². The Morgan fingerprint density at radius 1 is 1.00 bits per heavy atom. The molecule has 98 valence electrons. The van der Waals surface area contributed by atoms with Gasteiger partial charge in [-0.1, -0.05) is 13.8 Å². The van der Waals surface area contributed by atoms with Crippen LogP contribution < -0.4 is 13.3 Å². The Balaban J connectivity index is -0.000000188. The van der Waals surface area contributed by atoms with Crippen molar-refractivity contribution in [3.63, 3.8) is 0 Å². The molecule has 0 aliphatic heterocycles. The molecule has 0 bridgehead atoms. The molecular formula is C12H15CoHgO4. The van der Waals surface area contributed by atoms with Crippen LogP contribution in [0.5, 0.6) is 0 Å². The van der Waals surface area contributed by atoms with E-state index in [0.29, 0.717) is 0 Å². The summed E-state index contributed by atoms with van der Waals surface area (Å²) in [6.07, 6.45) is 0.222. The third-order valence-corrected chi connectivity index (χ3v) is 3.25. The molecule has 0 fully saturated rings. The predicted octanol–water partition coefficient (Wildman–Crippen LogP) is -0.851. The van der Waals surface area contributed by atoms with E-state index >= 15 is 0 Å². The number of benzene rings is 1. The Morgan fingerprint density at radius 3 is 1.39 bits per heavy atom. The predicted molar refractivity (Wildman–Crippen MR) is 56.7 cm³/mol. The molecule has 0 atom stereocenters. The first-order valence-corrected chi connectivity index (χ1v) is 7.95. The van der Waals surface area contributed by atoms with Crippen molar-refractivity contribution in [3.05, 3.63) is 30.3 Å². The molecule has 0 saturated heterocycles. The zero-order valence-corrected chi connectivity index (χ0v) is 17.0. The molecule has 0 aliphatic rings. The first-order valence-electron chi connectivity index (χ1n) is 5.20. The van der Waals surface area contributed by atoms with E-state index in [0.717, 1.165) is 26.1 Å². The Hall–Kier alpha value is -0.398. The van der Waals surface area contributed by atoms with E-state index in [-0.39, 0.29) is 29.6 Å². The minimum atomic E-state index is -0.995. The van der Waals surface area contributed by atoms with Gasteiger partial charge in [0, 0.05) is 11.9 Å². The average molecular weight is 483 g/mol. The average Bonchev–Trinajstić information content (AvgIpc) is 2.31. The Morgan fingerprint density at radius 2 is 1.28 bits per heavy atom. The van der Waals surface area contributed by atoms with Crippen molar-refractivity contribution in [2.45, 2.75) is 26.7 Å². The molecule has 18 heavy (non-hydrogen) atoms. The zero-order chi connectivity index (χ0) is 13.7. The van der Waals surface area contributed by atoms with Crippen molar-refractivity contribution < 1.29 is 62.7 Å². The van der Waals surface area contributed by atoms with Crippen molar-refractivity contribution in [1.82, 2.24) is 0 Å². The minimum absolute atomic E-state index is 0. The van der Waals surface area contributed by atoms with Gasteiger partial charge in [-0.15, -0.1) is 0 Å². The van der Waals surface area contributed by atoms with Crippen LogP contribution in [0.25, 0.3) is 0 Å². The van der Waals surface area contributed by atoms with Gasteiger partial charge >= 0.3 is 76.3 Å². The Labute approximate surface area is 134 Å². The normalized spacial score (nSPS) is 7.56. The third kappa shape index (κ3) is 24.7. The molecule has 1 aromatic carbocycles. The number of rotatable bonds is 2. The molecular weight excluding hydrogens is 468 g/mol. The van der Waals surface area contributed by atoms with Gasteiger partial charge in [-0.25, -0.2) is 0 Å². The van der Waals surface area contributed by atoms with Crippen LogP contribution in [0.2, 0.25) is 0 Å². The molecule has 0 saturated carbocycles. The van der Waals surface area contributed by atoms with Crippen molar-refractivity contribution in [2.75, 3.05) is 0 Å². The van der Waals surface area contributed by atoms with Crippen molar-refractivity contribution in [2.24, 2.45) is 0 Å². The molecule has 0 amide bonds. The summed E-state index contributed by atoms with van der Waals surface area (Å²) in [4.78, 5) is 18.5. The number of hydrogen-bond acceptors (Lipinski definition) is 4. The molecule has 1 aromatic rings. The molecule has 0 N–H and O–H groups in total. The number of carboxylic acids is 2. The number of carbonyl (C=O) groups is 2. The summed E-state index contributed by atoms with van der Waals surface area (Å²) in [5.74, 6) is -1.99. The Kier molecular flexibility index (Phi) is 21.0. The summed E-state index contributed by atoms with van der Waals surface area (Å²) < 4.78 is 1.52. The van der Waals surface area contributed by atoms with Crippen LogP contribution in [0, 0.1) is 0 Å². The fourth-order valence-corrected chi connectivity index (χ4v) is 1.54. The van der Waals surface area contributed by atoms with Gasteiger partial charge in [0.1, 0.15) is 0 Å². The summed E-state index contributed by atoms with van der Waals surface area (Å²) in [7, 11) is 0. The van der Waals surface area contributed by atoms with E-state index in [4.69, 9.17) is 0 Å². The first-order chi connectivity index (χ1) is 7.93. The van der Waals surface area contributed by atoms with Crippen molar-refractivity contribution in [3.8, 4) is 0 Å². The quantitative estimate of drug-likeness (QED) is 0.514. The molecule has 0 aliphatic carbocycles. The Bertz CT molecular complexity index is 303. The number of carboxylic acid groups (broad SMARTS) is 2. The van der Waals surface area contributed by atoms with Gasteiger partial charge in [0.05, 0.1) is 0 Å². The molecule has 0 unspecified atom stereocenters.